The molecule has 1 N–H and O–H groups in total. The first-order valence-electron chi connectivity index (χ1n) is 6.39. The van der Waals surface area contributed by atoms with Gasteiger partial charge in [0.2, 0.25) is 5.92 Å². The van der Waals surface area contributed by atoms with Crippen molar-refractivity contribution in [2.75, 3.05) is 0 Å². The molecule has 0 saturated heterocycles. The Hall–Kier alpha value is -1.24. The second-order valence-corrected chi connectivity index (χ2v) is 6.36. The normalized spacial score (nSPS) is 22.7. The van der Waals surface area contributed by atoms with Gasteiger partial charge in [0.05, 0.1) is 4.47 Å². The van der Waals surface area contributed by atoms with E-state index in [1.54, 1.807) is 13.0 Å². The summed E-state index contributed by atoms with van der Waals surface area (Å²) in [4.78, 5) is 24.4. The molecule has 7 heteroatoms. The van der Waals surface area contributed by atoms with Gasteiger partial charge in [0.15, 0.2) is 0 Å². The maximum atomic E-state index is 13.4. The zero-order valence-electron chi connectivity index (χ0n) is 10.8. The summed E-state index contributed by atoms with van der Waals surface area (Å²) in [5.41, 5.74) is -0.416. The molecule has 2 aliphatic rings. The van der Waals surface area contributed by atoms with Gasteiger partial charge in [-0.25, -0.2) is 8.78 Å². The number of aryl methyl sites for hydroxylation is 1. The van der Waals surface area contributed by atoms with Crippen LogP contribution < -0.4 is 10.9 Å². The van der Waals surface area contributed by atoms with Crippen LogP contribution in [0.1, 0.15) is 41.7 Å². The summed E-state index contributed by atoms with van der Waals surface area (Å²) in [7, 11) is 0. The lowest BCUT2D eigenvalue weighted by molar-refractivity contribution is -0.0668. The number of nitrogens with one attached hydrogen (secondary N) is 1. The molecule has 1 saturated carbocycles. The largest absolute Gasteiger partial charge is 0.327 e. The van der Waals surface area contributed by atoms with Crippen LogP contribution in [0.2, 0.25) is 0 Å². The van der Waals surface area contributed by atoms with E-state index in [1.165, 1.54) is 4.57 Å². The molecule has 0 radical (unpaired) electrons. The summed E-state index contributed by atoms with van der Waals surface area (Å²) in [6.07, 6.45) is -0.529. The predicted octanol–water partition coefficient (Wildman–Crippen LogP) is 2.52. The summed E-state index contributed by atoms with van der Waals surface area (Å²) in [6.45, 7) is 1.73. The molecule has 108 valence electrons. The van der Waals surface area contributed by atoms with Gasteiger partial charge in [-0.15, -0.1) is 0 Å². The number of hydrogen-bond acceptors (Lipinski definition) is 2. The van der Waals surface area contributed by atoms with E-state index in [-0.39, 0.29) is 42.8 Å². The number of carbonyl (C=O) groups is 1. The summed E-state index contributed by atoms with van der Waals surface area (Å²) >= 11 is 3.17. The van der Waals surface area contributed by atoms with E-state index in [0.29, 0.717) is 10.0 Å². The van der Waals surface area contributed by atoms with Gasteiger partial charge < -0.3 is 5.32 Å². The fraction of sp³-hybridized carbons (Fsp3) is 0.538. The van der Waals surface area contributed by atoms with Gasteiger partial charge in [-0.3, -0.25) is 14.2 Å². The number of aromatic nitrogens is 1. The van der Waals surface area contributed by atoms with E-state index >= 15 is 0 Å². The van der Waals surface area contributed by atoms with Crippen LogP contribution >= 0.6 is 15.9 Å². The maximum absolute atomic E-state index is 13.4. The van der Waals surface area contributed by atoms with Gasteiger partial charge in [-0.2, -0.15) is 0 Å². The molecule has 1 fully saturated rings. The highest BCUT2D eigenvalue weighted by Gasteiger charge is 2.50. The molecule has 1 aromatic heterocycles. The van der Waals surface area contributed by atoms with E-state index < -0.39 is 11.6 Å². The molecular formula is C13H13BrF2N2O2. The first-order valence-corrected chi connectivity index (χ1v) is 7.18. The Bertz CT molecular complexity index is 659. The lowest BCUT2D eigenvalue weighted by Crippen LogP contribution is -2.51. The molecule has 3 rings (SSSR count). The molecule has 20 heavy (non-hydrogen) atoms. The number of alkyl halides is 2. The van der Waals surface area contributed by atoms with Crippen molar-refractivity contribution < 1.29 is 13.6 Å². The number of carbonyl (C=O) groups excluding carboxylic acids is 1. The summed E-state index contributed by atoms with van der Waals surface area (Å²) in [5, 5.41) is 2.75. The van der Waals surface area contributed by atoms with Crippen molar-refractivity contribution in [2.45, 2.75) is 44.2 Å². The van der Waals surface area contributed by atoms with Crippen LogP contribution in [0.4, 0.5) is 8.78 Å². The first kappa shape index (κ1) is 13.7. The molecule has 1 spiro atoms. The van der Waals surface area contributed by atoms with Gasteiger partial charge in [-0.1, -0.05) is 0 Å². The number of pyridine rings is 1. The number of hydrogen-bond donors (Lipinski definition) is 1. The van der Waals surface area contributed by atoms with Gasteiger partial charge in [0.25, 0.3) is 11.5 Å². The first-order chi connectivity index (χ1) is 9.26. The van der Waals surface area contributed by atoms with Gasteiger partial charge in [0.1, 0.15) is 11.4 Å². The van der Waals surface area contributed by atoms with E-state index in [4.69, 9.17) is 0 Å². The SMILES string of the molecule is Cc1cc(Br)c(=O)n2c1C(=O)NC21CCC(F)(F)CC1. The molecule has 0 bridgehead atoms. The summed E-state index contributed by atoms with van der Waals surface area (Å²) in [5.74, 6) is -3.08. The van der Waals surface area contributed by atoms with E-state index in [9.17, 15) is 18.4 Å². The van der Waals surface area contributed by atoms with Gasteiger partial charge in [0, 0.05) is 12.8 Å². The lowest BCUT2D eigenvalue weighted by Gasteiger charge is -2.38. The van der Waals surface area contributed by atoms with Crippen molar-refractivity contribution in [1.82, 2.24) is 9.88 Å². The Morgan fingerprint density at radius 1 is 1.25 bits per heavy atom. The Morgan fingerprint density at radius 3 is 2.45 bits per heavy atom. The number of fused-ring (bicyclic) bond motifs is 2. The smallest absolute Gasteiger partial charge is 0.270 e. The van der Waals surface area contributed by atoms with Crippen molar-refractivity contribution in [3.8, 4) is 0 Å². The highest BCUT2D eigenvalue weighted by atomic mass is 79.9. The van der Waals surface area contributed by atoms with E-state index in [0.717, 1.165) is 0 Å². The van der Waals surface area contributed by atoms with Crippen LogP contribution in [-0.4, -0.2) is 16.4 Å². The molecule has 2 heterocycles. The Labute approximate surface area is 122 Å². The number of halogens is 3. The summed E-state index contributed by atoms with van der Waals surface area (Å²) in [6, 6.07) is 1.59. The number of nitrogens with zero attached hydrogens (tertiary/aromatic N) is 1. The maximum Gasteiger partial charge on any atom is 0.270 e. The zero-order valence-corrected chi connectivity index (χ0v) is 12.4. The highest BCUT2D eigenvalue weighted by Crippen LogP contribution is 2.43. The van der Waals surface area contributed by atoms with Crippen molar-refractivity contribution in [2.24, 2.45) is 0 Å². The molecule has 4 nitrogen and oxygen atoms in total. The van der Waals surface area contributed by atoms with E-state index in [1.807, 2.05) is 0 Å². The van der Waals surface area contributed by atoms with Crippen LogP contribution in [0.25, 0.3) is 0 Å². The summed E-state index contributed by atoms with van der Waals surface area (Å²) < 4.78 is 28.4. The standard InChI is InChI=1S/C13H13BrF2N2O2/c1-7-6-8(14)11(20)18-9(7)10(19)17-13(18)4-2-12(15,16)3-5-13/h6H,2-5H2,1H3,(H,17,19). The third-order valence-electron chi connectivity index (χ3n) is 4.15. The average molecular weight is 347 g/mol. The zero-order chi connectivity index (χ0) is 14.7. The molecule has 0 aromatic carbocycles. The fourth-order valence-electron chi connectivity index (χ4n) is 3.10. The third kappa shape index (κ3) is 1.82. The van der Waals surface area contributed by atoms with Crippen LogP contribution in [0.15, 0.2) is 15.3 Å². The van der Waals surface area contributed by atoms with Crippen LogP contribution in [-0.2, 0) is 5.66 Å². The molecule has 1 aromatic rings. The Kier molecular flexibility index (Phi) is 2.83. The second-order valence-electron chi connectivity index (χ2n) is 5.51. The predicted molar refractivity (Wildman–Crippen MR) is 72.0 cm³/mol. The monoisotopic (exact) mass is 346 g/mol. The Balaban J connectivity index is 2.17. The van der Waals surface area contributed by atoms with Crippen molar-refractivity contribution in [3.05, 3.63) is 32.2 Å². The Morgan fingerprint density at radius 2 is 1.85 bits per heavy atom. The molecule has 1 aliphatic carbocycles. The topological polar surface area (TPSA) is 51.1 Å². The third-order valence-corrected chi connectivity index (χ3v) is 4.71. The quantitative estimate of drug-likeness (QED) is 0.784. The molecular weight excluding hydrogens is 334 g/mol. The van der Waals surface area contributed by atoms with Gasteiger partial charge in [-0.05, 0) is 47.3 Å². The van der Waals surface area contributed by atoms with Crippen LogP contribution in [0, 0.1) is 6.92 Å². The molecule has 0 atom stereocenters. The minimum absolute atomic E-state index is 0.0640. The highest BCUT2D eigenvalue weighted by molar-refractivity contribution is 9.10. The van der Waals surface area contributed by atoms with Crippen LogP contribution in [0.3, 0.4) is 0 Å². The van der Waals surface area contributed by atoms with Crippen molar-refractivity contribution in [1.29, 1.82) is 0 Å². The number of rotatable bonds is 0. The minimum Gasteiger partial charge on any atom is -0.327 e. The minimum atomic E-state index is -2.72. The number of amides is 1. The fourth-order valence-corrected chi connectivity index (χ4v) is 3.62. The second kappa shape index (κ2) is 4.13. The van der Waals surface area contributed by atoms with Gasteiger partial charge >= 0.3 is 0 Å². The molecule has 0 unspecified atom stereocenters. The van der Waals surface area contributed by atoms with Crippen molar-refractivity contribution in [3.63, 3.8) is 0 Å². The van der Waals surface area contributed by atoms with Crippen LogP contribution in [0.5, 0.6) is 0 Å². The van der Waals surface area contributed by atoms with Crippen molar-refractivity contribution >= 4 is 21.8 Å². The molecule has 1 aliphatic heterocycles. The average Bonchev–Trinajstić information content (AvgIpc) is 2.65. The lowest BCUT2D eigenvalue weighted by atomic mass is 9.86. The molecule has 1 amide bonds. The van der Waals surface area contributed by atoms with E-state index in [2.05, 4.69) is 21.2 Å².